The van der Waals surface area contributed by atoms with Gasteiger partial charge in [-0.15, -0.1) is 0 Å². The number of nitrogens with zero attached hydrogens (tertiary/aromatic N) is 2. The lowest BCUT2D eigenvalue weighted by molar-refractivity contribution is -0.128. The molecule has 0 saturated carbocycles. The van der Waals surface area contributed by atoms with E-state index in [2.05, 4.69) is 0 Å². The van der Waals surface area contributed by atoms with Crippen LogP contribution in [-0.4, -0.2) is 41.2 Å². The molecule has 1 spiro atoms. The van der Waals surface area contributed by atoms with Crippen LogP contribution in [0.3, 0.4) is 0 Å². The maximum atomic E-state index is 14.2. The molecule has 0 radical (unpaired) electrons. The molecule has 2 fully saturated rings. The summed E-state index contributed by atoms with van der Waals surface area (Å²) >= 11 is 0. The second-order valence-corrected chi connectivity index (χ2v) is 8.28. The minimum atomic E-state index is -0.493. The Morgan fingerprint density at radius 2 is 1.83 bits per heavy atom. The molecule has 29 heavy (non-hydrogen) atoms. The largest absolute Gasteiger partial charge is 0.339 e. The lowest BCUT2D eigenvalue weighted by Gasteiger charge is -2.39. The number of likely N-dealkylation sites (tertiary alicyclic amines) is 2. The number of hydrogen-bond donors (Lipinski definition) is 0. The number of aryl methyl sites for hydroxylation is 1. The van der Waals surface area contributed by atoms with E-state index < -0.39 is 5.82 Å². The van der Waals surface area contributed by atoms with Gasteiger partial charge >= 0.3 is 0 Å². The van der Waals surface area contributed by atoms with Crippen molar-refractivity contribution in [3.63, 3.8) is 0 Å². The fraction of sp³-hybridized carbons (Fsp3) is 0.391. The Labute approximate surface area is 169 Å². The maximum Gasteiger partial charge on any atom is 0.257 e. The third-order valence-electron chi connectivity index (χ3n) is 6.21. The molecule has 2 amide bonds. The molecule has 152 valence electrons. The van der Waals surface area contributed by atoms with Crippen molar-refractivity contribution in [3.8, 4) is 0 Å². The average Bonchev–Trinajstić information content (AvgIpc) is 2.97. The number of hydrogen-bond acceptors (Lipinski definition) is 2. The number of piperidine rings is 1. The second-order valence-electron chi connectivity index (χ2n) is 8.28. The fourth-order valence-corrected chi connectivity index (χ4v) is 4.56. The van der Waals surface area contributed by atoms with Crippen LogP contribution in [0.1, 0.15) is 40.7 Å². The predicted molar refractivity (Wildman–Crippen MR) is 105 cm³/mol. The van der Waals surface area contributed by atoms with Crippen molar-refractivity contribution < 1.29 is 18.4 Å². The Hall–Kier alpha value is -2.76. The molecule has 0 N–H and O–H groups in total. The first kappa shape index (κ1) is 19.6. The van der Waals surface area contributed by atoms with Gasteiger partial charge in [0.05, 0.1) is 5.56 Å². The molecule has 2 saturated heterocycles. The minimum absolute atomic E-state index is 0.0685. The third-order valence-corrected chi connectivity index (χ3v) is 6.21. The highest BCUT2D eigenvalue weighted by molar-refractivity contribution is 5.96. The first-order valence-electron chi connectivity index (χ1n) is 9.94. The van der Waals surface area contributed by atoms with Gasteiger partial charge in [0.15, 0.2) is 0 Å². The van der Waals surface area contributed by atoms with Gasteiger partial charge in [0, 0.05) is 38.0 Å². The van der Waals surface area contributed by atoms with Crippen LogP contribution in [0.15, 0.2) is 42.5 Å². The molecule has 6 heteroatoms. The van der Waals surface area contributed by atoms with Gasteiger partial charge in [-0.2, -0.15) is 0 Å². The number of halogens is 2. The lowest BCUT2D eigenvalue weighted by atomic mass is 9.77. The molecule has 0 aromatic heterocycles. The van der Waals surface area contributed by atoms with E-state index >= 15 is 0 Å². The number of rotatable bonds is 3. The Kier molecular flexibility index (Phi) is 5.11. The van der Waals surface area contributed by atoms with E-state index in [1.807, 2.05) is 6.07 Å². The SMILES string of the molecule is Cc1cccc(F)c1C(=O)N1CCC2(CC1)CC(=O)N(Cc1cccc(F)c1)C2. The van der Waals surface area contributed by atoms with Crippen LogP contribution in [0.4, 0.5) is 8.78 Å². The Bertz CT molecular complexity index is 931. The summed E-state index contributed by atoms with van der Waals surface area (Å²) in [5.41, 5.74) is 1.38. The topological polar surface area (TPSA) is 40.6 Å². The van der Waals surface area contributed by atoms with Gasteiger partial charge < -0.3 is 9.80 Å². The normalized spacial score (nSPS) is 18.5. The van der Waals surface area contributed by atoms with Gasteiger partial charge in [-0.05, 0) is 49.1 Å². The Balaban J connectivity index is 1.41. The lowest BCUT2D eigenvalue weighted by Crippen LogP contribution is -2.44. The molecular formula is C23H24F2N2O2. The molecule has 2 aliphatic rings. The van der Waals surface area contributed by atoms with Crippen molar-refractivity contribution in [3.05, 3.63) is 70.8 Å². The average molecular weight is 398 g/mol. The Morgan fingerprint density at radius 3 is 2.52 bits per heavy atom. The van der Waals surface area contributed by atoms with E-state index in [9.17, 15) is 18.4 Å². The van der Waals surface area contributed by atoms with Crippen molar-refractivity contribution in [1.29, 1.82) is 0 Å². The van der Waals surface area contributed by atoms with Crippen LogP contribution in [0.25, 0.3) is 0 Å². The summed E-state index contributed by atoms with van der Waals surface area (Å²) < 4.78 is 27.6. The van der Waals surface area contributed by atoms with Crippen molar-refractivity contribution in [2.45, 2.75) is 32.7 Å². The molecule has 0 atom stereocenters. The van der Waals surface area contributed by atoms with Crippen LogP contribution < -0.4 is 0 Å². The summed E-state index contributed by atoms with van der Waals surface area (Å²) in [5.74, 6) is -1.01. The van der Waals surface area contributed by atoms with Gasteiger partial charge in [-0.25, -0.2) is 8.78 Å². The summed E-state index contributed by atoms with van der Waals surface area (Å²) in [4.78, 5) is 28.9. The maximum absolute atomic E-state index is 14.2. The molecule has 2 aliphatic heterocycles. The molecular weight excluding hydrogens is 374 g/mol. The molecule has 0 bridgehead atoms. The van der Waals surface area contributed by atoms with E-state index in [1.54, 1.807) is 34.9 Å². The van der Waals surface area contributed by atoms with E-state index in [0.717, 1.165) is 5.56 Å². The highest BCUT2D eigenvalue weighted by Crippen LogP contribution is 2.41. The molecule has 0 aliphatic carbocycles. The number of benzene rings is 2. The molecule has 2 aromatic rings. The number of amides is 2. The zero-order valence-corrected chi connectivity index (χ0v) is 16.5. The summed E-state index contributed by atoms with van der Waals surface area (Å²) in [6, 6.07) is 11.0. The van der Waals surface area contributed by atoms with Crippen molar-refractivity contribution in [1.82, 2.24) is 9.80 Å². The highest BCUT2D eigenvalue weighted by atomic mass is 19.1. The van der Waals surface area contributed by atoms with E-state index in [1.165, 1.54) is 18.2 Å². The predicted octanol–water partition coefficient (Wildman–Crippen LogP) is 3.93. The zero-order valence-electron chi connectivity index (χ0n) is 16.5. The highest BCUT2D eigenvalue weighted by Gasteiger charge is 2.45. The summed E-state index contributed by atoms with van der Waals surface area (Å²) in [6.07, 6.45) is 1.86. The quantitative estimate of drug-likeness (QED) is 0.786. The number of carbonyl (C=O) groups excluding carboxylic acids is 2. The zero-order chi connectivity index (χ0) is 20.6. The van der Waals surface area contributed by atoms with E-state index in [-0.39, 0.29) is 28.6 Å². The van der Waals surface area contributed by atoms with Crippen molar-refractivity contribution in [2.75, 3.05) is 19.6 Å². The fourth-order valence-electron chi connectivity index (χ4n) is 4.56. The van der Waals surface area contributed by atoms with Gasteiger partial charge in [0.1, 0.15) is 11.6 Å². The van der Waals surface area contributed by atoms with Crippen LogP contribution in [0, 0.1) is 24.0 Å². The van der Waals surface area contributed by atoms with Gasteiger partial charge in [-0.3, -0.25) is 9.59 Å². The summed E-state index contributed by atoms with van der Waals surface area (Å²) in [7, 11) is 0. The monoisotopic (exact) mass is 398 g/mol. The van der Waals surface area contributed by atoms with Crippen molar-refractivity contribution >= 4 is 11.8 Å². The third kappa shape index (κ3) is 3.88. The van der Waals surface area contributed by atoms with E-state index in [0.29, 0.717) is 51.0 Å². The number of carbonyl (C=O) groups is 2. The molecule has 2 heterocycles. The van der Waals surface area contributed by atoms with Gasteiger partial charge in [0.25, 0.3) is 5.91 Å². The van der Waals surface area contributed by atoms with E-state index in [4.69, 9.17) is 0 Å². The molecule has 4 nitrogen and oxygen atoms in total. The molecule has 2 aromatic carbocycles. The van der Waals surface area contributed by atoms with Crippen LogP contribution >= 0.6 is 0 Å². The van der Waals surface area contributed by atoms with Gasteiger partial charge in [-0.1, -0.05) is 24.3 Å². The van der Waals surface area contributed by atoms with Crippen LogP contribution in [-0.2, 0) is 11.3 Å². The van der Waals surface area contributed by atoms with Crippen LogP contribution in [0.2, 0.25) is 0 Å². The first-order chi connectivity index (χ1) is 13.9. The standard InChI is InChI=1S/C23H24F2N2O2/c1-16-4-2-7-19(25)21(16)22(29)26-10-8-23(9-11-26)13-20(28)27(15-23)14-17-5-3-6-18(24)12-17/h2-7,12H,8-11,13-15H2,1H3. The first-order valence-corrected chi connectivity index (χ1v) is 9.94. The summed E-state index contributed by atoms with van der Waals surface area (Å²) in [6.45, 7) is 3.77. The summed E-state index contributed by atoms with van der Waals surface area (Å²) in [5, 5.41) is 0. The van der Waals surface area contributed by atoms with Gasteiger partial charge in [0.2, 0.25) is 5.91 Å². The second kappa shape index (κ2) is 7.58. The van der Waals surface area contributed by atoms with Crippen molar-refractivity contribution in [2.24, 2.45) is 5.41 Å². The smallest absolute Gasteiger partial charge is 0.257 e. The Morgan fingerprint density at radius 1 is 1.10 bits per heavy atom. The molecule has 4 rings (SSSR count). The van der Waals surface area contributed by atoms with Crippen LogP contribution in [0.5, 0.6) is 0 Å². The minimum Gasteiger partial charge on any atom is -0.339 e. The molecule has 0 unspecified atom stereocenters.